The Balaban J connectivity index is 0.00000605. The van der Waals surface area contributed by atoms with Gasteiger partial charge in [-0.05, 0) is 96.3 Å². The fourth-order valence-electron chi connectivity index (χ4n) is 5.79. The van der Waals surface area contributed by atoms with Gasteiger partial charge in [0.15, 0.2) is 12.3 Å². The first-order chi connectivity index (χ1) is 24.1. The zero-order valence-electron chi connectivity index (χ0n) is 28.2. The summed E-state index contributed by atoms with van der Waals surface area (Å²) in [5.41, 5.74) is 4.82. The minimum absolute atomic E-state index is 0. The molecule has 0 radical (unpaired) electrons. The second kappa shape index (κ2) is 16.3. The van der Waals surface area contributed by atoms with Crippen molar-refractivity contribution in [2.75, 3.05) is 18.0 Å². The molecule has 0 fully saturated rings. The van der Waals surface area contributed by atoms with Crippen molar-refractivity contribution in [3.63, 3.8) is 0 Å². The van der Waals surface area contributed by atoms with Gasteiger partial charge >= 0.3 is 0 Å². The van der Waals surface area contributed by atoms with Gasteiger partial charge in [0.25, 0.3) is 30.4 Å². The maximum absolute atomic E-state index is 12.6. The molecule has 0 heterocycles. The third-order valence-corrected chi connectivity index (χ3v) is 11.1. The monoisotopic (exact) mass is 766 g/mol. The summed E-state index contributed by atoms with van der Waals surface area (Å²) in [5.74, 6) is 0. The molecule has 0 amide bonds. The van der Waals surface area contributed by atoms with Gasteiger partial charge in [0.2, 0.25) is 0 Å². The lowest BCUT2D eigenvalue weighted by Gasteiger charge is -2.25. The molecular formula is C37H38N2O10S3. The van der Waals surface area contributed by atoms with E-state index < -0.39 is 30.4 Å². The van der Waals surface area contributed by atoms with Crippen molar-refractivity contribution < 1.29 is 49.0 Å². The molecule has 4 aromatic carbocycles. The van der Waals surface area contributed by atoms with Crippen molar-refractivity contribution in [3.8, 4) is 11.1 Å². The molecule has 274 valence electrons. The summed E-state index contributed by atoms with van der Waals surface area (Å²) in [5, 5.41) is 0. The van der Waals surface area contributed by atoms with E-state index in [-0.39, 0.29) is 32.3 Å². The third kappa shape index (κ3) is 9.77. The van der Waals surface area contributed by atoms with Gasteiger partial charge in [0.05, 0.1) is 9.79 Å². The zero-order chi connectivity index (χ0) is 37.0. The van der Waals surface area contributed by atoms with Crippen molar-refractivity contribution in [1.82, 2.24) is 0 Å². The summed E-state index contributed by atoms with van der Waals surface area (Å²) in [4.78, 5) is 1.28. The molecule has 5 rings (SSSR count). The van der Waals surface area contributed by atoms with Crippen LogP contribution in [0.5, 0.6) is 0 Å². The average Bonchev–Trinajstić information content (AvgIpc) is 3.09. The second-order valence-corrected chi connectivity index (χ2v) is 15.9. The molecule has 0 saturated heterocycles. The highest BCUT2D eigenvalue weighted by atomic mass is 32.2. The van der Waals surface area contributed by atoms with Crippen LogP contribution in [0.15, 0.2) is 136 Å². The number of anilines is 1. The van der Waals surface area contributed by atoms with Crippen LogP contribution in [0.1, 0.15) is 30.5 Å². The minimum atomic E-state index is -4.64. The molecule has 0 atom stereocenters. The van der Waals surface area contributed by atoms with E-state index in [1.807, 2.05) is 47.6 Å². The van der Waals surface area contributed by atoms with Crippen molar-refractivity contribution in [2.45, 2.75) is 41.6 Å². The van der Waals surface area contributed by atoms with Gasteiger partial charge in [0, 0.05) is 36.5 Å². The Morgan fingerprint density at radius 2 is 1.33 bits per heavy atom. The summed E-state index contributed by atoms with van der Waals surface area (Å²) in [6.07, 6.45) is 8.95. The minimum Gasteiger partial charge on any atom is -0.870 e. The van der Waals surface area contributed by atoms with Crippen LogP contribution >= 0.6 is 0 Å². The first kappa shape index (κ1) is 40.0. The highest BCUT2D eigenvalue weighted by Crippen LogP contribution is 2.31. The van der Waals surface area contributed by atoms with Crippen molar-refractivity contribution >= 4 is 47.8 Å². The van der Waals surface area contributed by atoms with Crippen LogP contribution in [0.25, 0.3) is 17.2 Å². The molecule has 12 nitrogen and oxygen atoms in total. The van der Waals surface area contributed by atoms with Crippen LogP contribution < -0.4 is 4.90 Å². The molecule has 0 unspecified atom stereocenters. The Labute approximate surface area is 304 Å². The first-order valence-corrected chi connectivity index (χ1v) is 20.2. The molecule has 1 aliphatic rings. The Morgan fingerprint density at radius 3 is 1.96 bits per heavy atom. The van der Waals surface area contributed by atoms with Crippen LogP contribution in [0.4, 0.5) is 5.69 Å². The summed E-state index contributed by atoms with van der Waals surface area (Å²) in [6, 6.07) is 24.3. The van der Waals surface area contributed by atoms with Crippen LogP contribution in [0, 0.1) is 0 Å². The summed E-state index contributed by atoms with van der Waals surface area (Å²) in [7, 11) is -13.4. The molecule has 0 bridgehead atoms. The van der Waals surface area contributed by atoms with E-state index >= 15 is 0 Å². The van der Waals surface area contributed by atoms with Crippen LogP contribution in [0.3, 0.4) is 0 Å². The van der Waals surface area contributed by atoms with Gasteiger partial charge in [-0.25, -0.2) is 4.58 Å². The number of hydrogen-bond acceptors (Lipinski definition) is 8. The Hall–Kier alpha value is -4.74. The molecule has 0 spiro atoms. The third-order valence-electron chi connectivity index (χ3n) is 8.36. The normalized spacial score (nSPS) is 13.1. The first-order valence-electron chi connectivity index (χ1n) is 15.9. The molecular weight excluding hydrogens is 729 g/mol. The Morgan fingerprint density at radius 1 is 0.673 bits per heavy atom. The SMILES string of the molecule is CCN(Cc1ccccc1S(=O)(=O)O)c1cccc(-c2ccc(C=C3C=CC(=[N+](CC)Cc4cccc(S(=O)(=O)O)c4)C=C3)c(S(=O)(=O)O)c2)c1.[OH-]. The van der Waals surface area contributed by atoms with Gasteiger partial charge in [-0.1, -0.05) is 54.6 Å². The molecule has 4 aromatic rings. The quantitative estimate of drug-likeness (QED) is 0.111. The summed E-state index contributed by atoms with van der Waals surface area (Å²) >= 11 is 0. The number of benzene rings is 4. The van der Waals surface area contributed by atoms with Crippen LogP contribution in [-0.4, -0.2) is 67.8 Å². The maximum atomic E-state index is 12.6. The lowest BCUT2D eigenvalue weighted by atomic mass is 10.0. The topological polar surface area (TPSA) is 199 Å². The van der Waals surface area contributed by atoms with E-state index in [1.165, 1.54) is 30.3 Å². The average molecular weight is 767 g/mol. The summed E-state index contributed by atoms with van der Waals surface area (Å²) in [6.45, 7) is 5.53. The van der Waals surface area contributed by atoms with Gasteiger partial charge in [-0.3, -0.25) is 13.7 Å². The number of allylic oxidation sites excluding steroid dienone is 5. The zero-order valence-corrected chi connectivity index (χ0v) is 30.7. The molecule has 0 saturated carbocycles. The summed E-state index contributed by atoms with van der Waals surface area (Å²) < 4.78 is 104. The van der Waals surface area contributed by atoms with Crippen LogP contribution in [0.2, 0.25) is 0 Å². The highest BCUT2D eigenvalue weighted by Gasteiger charge is 2.20. The maximum Gasteiger partial charge on any atom is 0.295 e. The molecule has 4 N–H and O–H groups in total. The van der Waals surface area contributed by atoms with Gasteiger partial charge in [-0.15, -0.1) is 0 Å². The largest absolute Gasteiger partial charge is 0.870 e. The predicted octanol–water partition coefficient (Wildman–Crippen LogP) is 6.13. The Bertz CT molecular complexity index is 2420. The van der Waals surface area contributed by atoms with Crippen molar-refractivity contribution in [3.05, 3.63) is 138 Å². The van der Waals surface area contributed by atoms with E-state index in [1.54, 1.807) is 66.8 Å². The van der Waals surface area contributed by atoms with Crippen LogP contribution in [-0.2, 0) is 43.4 Å². The molecule has 0 aliphatic heterocycles. The predicted molar refractivity (Wildman–Crippen MR) is 199 cm³/mol. The lowest BCUT2D eigenvalue weighted by Crippen LogP contribution is -2.23. The van der Waals surface area contributed by atoms with Gasteiger partial charge < -0.3 is 10.4 Å². The fourth-order valence-corrected chi connectivity index (χ4v) is 7.75. The Kier molecular flexibility index (Phi) is 12.5. The van der Waals surface area contributed by atoms with E-state index in [4.69, 9.17) is 0 Å². The standard InChI is InChI=1S/C37H36N2O9S3.H2O/c1-3-38(25-28-9-7-13-35(22-28)49(40,41)42)33-19-15-27(16-20-33)21-31-18-17-30(24-37(31)51(46,47)48)29-11-8-12-34(23-29)39(4-2)26-32-10-5-6-14-36(32)50(43,44)45;/h5-24H,3-4,25-26H2,1-2H3,(H2-,40,41,42,43,44,45,46,47,48);1H2. The number of rotatable bonds is 12. The highest BCUT2D eigenvalue weighted by molar-refractivity contribution is 7.86. The molecule has 52 heavy (non-hydrogen) atoms. The number of nitrogens with zero attached hydrogens (tertiary/aromatic N) is 2. The molecule has 1 aliphatic carbocycles. The van der Waals surface area contributed by atoms with Gasteiger partial charge in [0.1, 0.15) is 11.4 Å². The van der Waals surface area contributed by atoms with E-state index in [2.05, 4.69) is 0 Å². The van der Waals surface area contributed by atoms with Crippen molar-refractivity contribution in [2.24, 2.45) is 0 Å². The van der Waals surface area contributed by atoms with E-state index in [9.17, 15) is 38.9 Å². The van der Waals surface area contributed by atoms with Crippen molar-refractivity contribution in [1.29, 1.82) is 0 Å². The number of hydrogen-bond donors (Lipinski definition) is 3. The smallest absolute Gasteiger partial charge is 0.295 e. The van der Waals surface area contributed by atoms with Gasteiger partial charge in [-0.2, -0.15) is 25.3 Å². The van der Waals surface area contributed by atoms with E-state index in [0.29, 0.717) is 47.5 Å². The second-order valence-electron chi connectivity index (χ2n) is 11.7. The van der Waals surface area contributed by atoms with E-state index in [0.717, 1.165) is 11.4 Å². The molecule has 0 aromatic heterocycles. The fraction of sp³-hybridized carbons (Fsp3) is 0.162. The molecule has 15 heteroatoms. The lowest BCUT2D eigenvalue weighted by molar-refractivity contribution is -0.539.